The molecule has 1 aromatic heterocycles. The molecule has 0 saturated heterocycles. The van der Waals surface area contributed by atoms with Crippen molar-refractivity contribution in [2.45, 2.75) is 32.7 Å². The Bertz CT molecular complexity index is 307. The molecule has 0 radical (unpaired) electrons. The maximum absolute atomic E-state index is 4.54. The highest BCUT2D eigenvalue weighted by Gasteiger charge is 2.12. The first-order valence-corrected chi connectivity index (χ1v) is 4.83. The van der Waals surface area contributed by atoms with Crippen LogP contribution in [0.15, 0.2) is 6.20 Å². The topological polar surface area (TPSA) is 37.8 Å². The summed E-state index contributed by atoms with van der Waals surface area (Å²) in [6.07, 6.45) is 3.05. The molecule has 0 aliphatic carbocycles. The van der Waals surface area contributed by atoms with E-state index in [-0.39, 0.29) is 0 Å². The van der Waals surface area contributed by atoms with Crippen molar-refractivity contribution >= 4 is 0 Å². The zero-order valence-corrected chi connectivity index (χ0v) is 8.17. The molecule has 2 rings (SSSR count). The Kier molecular flexibility index (Phi) is 2.27. The second kappa shape index (κ2) is 3.42. The minimum Gasteiger partial charge on any atom is -0.311 e. The van der Waals surface area contributed by atoms with Crippen LogP contribution in [0.1, 0.15) is 36.8 Å². The van der Waals surface area contributed by atoms with Crippen LogP contribution in [0.2, 0.25) is 0 Å². The minimum atomic E-state index is 0.423. The Morgan fingerprint density at radius 3 is 3.08 bits per heavy atom. The lowest BCUT2D eigenvalue weighted by Crippen LogP contribution is -2.25. The molecule has 0 spiro atoms. The SMILES string of the molecule is CC(C)c1ncc2c(n1)CNCC2. The van der Waals surface area contributed by atoms with Gasteiger partial charge in [0.15, 0.2) is 0 Å². The fourth-order valence-corrected chi connectivity index (χ4v) is 1.53. The molecule has 0 amide bonds. The average molecular weight is 177 g/mol. The number of rotatable bonds is 1. The van der Waals surface area contributed by atoms with Crippen molar-refractivity contribution in [2.75, 3.05) is 6.54 Å². The molecule has 0 unspecified atom stereocenters. The van der Waals surface area contributed by atoms with Crippen molar-refractivity contribution in [2.24, 2.45) is 0 Å². The summed E-state index contributed by atoms with van der Waals surface area (Å²) >= 11 is 0. The van der Waals surface area contributed by atoms with Crippen LogP contribution in [0.25, 0.3) is 0 Å². The number of fused-ring (bicyclic) bond motifs is 1. The Labute approximate surface area is 78.6 Å². The summed E-state index contributed by atoms with van der Waals surface area (Å²) in [7, 11) is 0. The molecule has 0 atom stereocenters. The number of hydrogen-bond acceptors (Lipinski definition) is 3. The standard InChI is InChI=1S/C10H15N3/c1-7(2)10-12-5-8-3-4-11-6-9(8)13-10/h5,7,11H,3-4,6H2,1-2H3. The molecule has 1 aliphatic rings. The molecule has 70 valence electrons. The monoisotopic (exact) mass is 177 g/mol. The first-order chi connectivity index (χ1) is 6.27. The van der Waals surface area contributed by atoms with Crippen LogP contribution < -0.4 is 5.32 Å². The van der Waals surface area contributed by atoms with Crippen LogP contribution in [-0.2, 0) is 13.0 Å². The zero-order chi connectivity index (χ0) is 9.26. The van der Waals surface area contributed by atoms with Crippen LogP contribution in [0.5, 0.6) is 0 Å². The van der Waals surface area contributed by atoms with Crippen LogP contribution in [0.4, 0.5) is 0 Å². The first kappa shape index (κ1) is 8.63. The van der Waals surface area contributed by atoms with Gasteiger partial charge in [0.1, 0.15) is 5.82 Å². The van der Waals surface area contributed by atoms with Gasteiger partial charge in [-0.15, -0.1) is 0 Å². The van der Waals surface area contributed by atoms with Crippen molar-refractivity contribution in [1.29, 1.82) is 0 Å². The molecule has 0 aromatic carbocycles. The summed E-state index contributed by atoms with van der Waals surface area (Å²) in [6.45, 7) is 6.20. The molecule has 0 saturated carbocycles. The molecule has 13 heavy (non-hydrogen) atoms. The summed E-state index contributed by atoms with van der Waals surface area (Å²) < 4.78 is 0. The number of nitrogens with one attached hydrogen (secondary N) is 1. The summed E-state index contributed by atoms with van der Waals surface area (Å²) in [5.41, 5.74) is 2.49. The highest BCUT2D eigenvalue weighted by molar-refractivity contribution is 5.20. The van der Waals surface area contributed by atoms with Crippen molar-refractivity contribution in [3.8, 4) is 0 Å². The van der Waals surface area contributed by atoms with Gasteiger partial charge in [0.25, 0.3) is 0 Å². The summed E-state index contributed by atoms with van der Waals surface area (Å²) in [4.78, 5) is 8.89. The highest BCUT2D eigenvalue weighted by atomic mass is 15.0. The van der Waals surface area contributed by atoms with Crippen LogP contribution >= 0.6 is 0 Å². The number of nitrogens with zero attached hydrogens (tertiary/aromatic N) is 2. The zero-order valence-electron chi connectivity index (χ0n) is 8.17. The fourth-order valence-electron chi connectivity index (χ4n) is 1.53. The van der Waals surface area contributed by atoms with E-state index in [9.17, 15) is 0 Å². The molecule has 0 bridgehead atoms. The lowest BCUT2D eigenvalue weighted by atomic mass is 10.1. The van der Waals surface area contributed by atoms with Gasteiger partial charge in [0.2, 0.25) is 0 Å². The molecule has 3 heteroatoms. The molecular weight excluding hydrogens is 162 g/mol. The number of hydrogen-bond donors (Lipinski definition) is 1. The van der Waals surface area contributed by atoms with E-state index in [0.29, 0.717) is 5.92 Å². The average Bonchev–Trinajstić information content (AvgIpc) is 2.17. The van der Waals surface area contributed by atoms with Crippen molar-refractivity contribution < 1.29 is 0 Å². The van der Waals surface area contributed by atoms with Gasteiger partial charge in [0.05, 0.1) is 5.69 Å². The highest BCUT2D eigenvalue weighted by Crippen LogP contribution is 2.14. The lowest BCUT2D eigenvalue weighted by Gasteiger charge is -2.16. The predicted molar refractivity (Wildman–Crippen MR) is 51.5 cm³/mol. The van der Waals surface area contributed by atoms with Crippen LogP contribution in [0, 0.1) is 0 Å². The van der Waals surface area contributed by atoms with Gasteiger partial charge >= 0.3 is 0 Å². The molecule has 2 heterocycles. The minimum absolute atomic E-state index is 0.423. The second-order valence-corrected chi connectivity index (χ2v) is 3.78. The second-order valence-electron chi connectivity index (χ2n) is 3.78. The number of aromatic nitrogens is 2. The van der Waals surface area contributed by atoms with Gasteiger partial charge in [-0.25, -0.2) is 9.97 Å². The van der Waals surface area contributed by atoms with Crippen LogP contribution in [-0.4, -0.2) is 16.5 Å². The van der Waals surface area contributed by atoms with E-state index in [1.807, 2.05) is 6.20 Å². The maximum Gasteiger partial charge on any atom is 0.131 e. The van der Waals surface area contributed by atoms with Crippen molar-refractivity contribution in [3.05, 3.63) is 23.3 Å². The fraction of sp³-hybridized carbons (Fsp3) is 0.600. The van der Waals surface area contributed by atoms with Gasteiger partial charge < -0.3 is 5.32 Å². The Morgan fingerprint density at radius 2 is 2.31 bits per heavy atom. The van der Waals surface area contributed by atoms with Gasteiger partial charge in [-0.3, -0.25) is 0 Å². The molecular formula is C10H15N3. The molecule has 3 nitrogen and oxygen atoms in total. The molecule has 0 fully saturated rings. The summed E-state index contributed by atoms with van der Waals surface area (Å²) in [6, 6.07) is 0. The van der Waals surface area contributed by atoms with Gasteiger partial charge in [0, 0.05) is 18.7 Å². The molecule has 1 aromatic rings. The Balaban J connectivity index is 2.35. The smallest absolute Gasteiger partial charge is 0.131 e. The van der Waals surface area contributed by atoms with Gasteiger partial charge in [-0.2, -0.15) is 0 Å². The third kappa shape index (κ3) is 1.70. The van der Waals surface area contributed by atoms with Crippen molar-refractivity contribution in [1.82, 2.24) is 15.3 Å². The largest absolute Gasteiger partial charge is 0.311 e. The van der Waals surface area contributed by atoms with Gasteiger partial charge in [-0.05, 0) is 18.5 Å². The van der Waals surface area contributed by atoms with E-state index in [0.717, 1.165) is 25.3 Å². The van der Waals surface area contributed by atoms with E-state index in [4.69, 9.17) is 0 Å². The van der Waals surface area contributed by atoms with E-state index < -0.39 is 0 Å². The third-order valence-corrected chi connectivity index (χ3v) is 2.35. The summed E-state index contributed by atoms with van der Waals surface area (Å²) in [5.74, 6) is 1.38. The van der Waals surface area contributed by atoms with E-state index in [1.54, 1.807) is 0 Å². The molecule has 1 N–H and O–H groups in total. The van der Waals surface area contributed by atoms with Crippen LogP contribution in [0.3, 0.4) is 0 Å². The van der Waals surface area contributed by atoms with E-state index in [1.165, 1.54) is 11.3 Å². The normalized spacial score (nSPS) is 15.9. The predicted octanol–water partition coefficient (Wildman–Crippen LogP) is 1.25. The first-order valence-electron chi connectivity index (χ1n) is 4.83. The Morgan fingerprint density at radius 1 is 1.46 bits per heavy atom. The maximum atomic E-state index is 4.54. The molecule has 1 aliphatic heterocycles. The quantitative estimate of drug-likeness (QED) is 0.701. The van der Waals surface area contributed by atoms with E-state index >= 15 is 0 Å². The third-order valence-electron chi connectivity index (χ3n) is 2.35. The van der Waals surface area contributed by atoms with E-state index in [2.05, 4.69) is 29.1 Å². The Hall–Kier alpha value is -0.960. The summed E-state index contributed by atoms with van der Waals surface area (Å²) in [5, 5.41) is 3.32. The lowest BCUT2D eigenvalue weighted by molar-refractivity contribution is 0.610. The van der Waals surface area contributed by atoms with Gasteiger partial charge in [-0.1, -0.05) is 13.8 Å². The van der Waals surface area contributed by atoms with Crippen molar-refractivity contribution in [3.63, 3.8) is 0 Å².